The molecule has 0 saturated carbocycles. The number of thiazole rings is 1. The van der Waals surface area contributed by atoms with Crippen LogP contribution in [0.3, 0.4) is 0 Å². The van der Waals surface area contributed by atoms with Crippen LogP contribution in [0.5, 0.6) is 5.75 Å². The summed E-state index contributed by atoms with van der Waals surface area (Å²) in [5, 5.41) is 3.98. The van der Waals surface area contributed by atoms with Gasteiger partial charge in [0, 0.05) is 16.1 Å². The molecule has 0 fully saturated rings. The van der Waals surface area contributed by atoms with Gasteiger partial charge in [0.15, 0.2) is 4.47 Å². The van der Waals surface area contributed by atoms with Crippen molar-refractivity contribution in [3.05, 3.63) is 74.7 Å². The highest BCUT2D eigenvalue weighted by atomic mass is 35.5. The monoisotopic (exact) mass is 364 g/mol. The van der Waals surface area contributed by atoms with Crippen LogP contribution in [0.4, 0.5) is 5.69 Å². The van der Waals surface area contributed by atoms with Gasteiger partial charge in [0.05, 0.1) is 12.2 Å². The second-order valence-corrected chi connectivity index (χ2v) is 6.98. The Kier molecular flexibility index (Phi) is 5.39. The standard InChI is InChI=1S/C17H14Cl2N2OS/c18-13-6-7-16(22-11-12-4-2-1-3-5-12)15(8-13)20-9-14-10-21-17(19)23-14/h1-8,10,20H,9,11H2. The van der Waals surface area contributed by atoms with E-state index in [1.165, 1.54) is 11.3 Å². The maximum atomic E-state index is 6.09. The minimum atomic E-state index is 0.504. The molecule has 0 atom stereocenters. The van der Waals surface area contributed by atoms with Gasteiger partial charge in [-0.25, -0.2) is 4.98 Å². The van der Waals surface area contributed by atoms with Crippen LogP contribution in [0.15, 0.2) is 54.7 Å². The third-order valence-electron chi connectivity index (χ3n) is 3.16. The molecule has 3 nitrogen and oxygen atoms in total. The Morgan fingerprint density at radius 3 is 2.65 bits per heavy atom. The molecule has 23 heavy (non-hydrogen) atoms. The minimum Gasteiger partial charge on any atom is -0.487 e. The molecule has 1 N–H and O–H groups in total. The number of nitrogens with zero attached hydrogens (tertiary/aromatic N) is 1. The maximum Gasteiger partial charge on any atom is 0.183 e. The first-order chi connectivity index (χ1) is 11.2. The summed E-state index contributed by atoms with van der Waals surface area (Å²) in [5.41, 5.74) is 1.96. The molecule has 118 valence electrons. The van der Waals surface area contributed by atoms with Crippen molar-refractivity contribution in [1.82, 2.24) is 4.98 Å². The van der Waals surface area contributed by atoms with Crippen molar-refractivity contribution in [1.29, 1.82) is 0 Å². The van der Waals surface area contributed by atoms with Crippen molar-refractivity contribution in [2.45, 2.75) is 13.2 Å². The van der Waals surface area contributed by atoms with Crippen LogP contribution in [-0.2, 0) is 13.2 Å². The average molecular weight is 365 g/mol. The molecule has 0 aliphatic carbocycles. The van der Waals surface area contributed by atoms with Crippen LogP contribution >= 0.6 is 34.5 Å². The third kappa shape index (κ3) is 4.61. The molecule has 3 aromatic rings. The number of hydrogen-bond acceptors (Lipinski definition) is 4. The highest BCUT2D eigenvalue weighted by Crippen LogP contribution is 2.30. The quantitative estimate of drug-likeness (QED) is 0.614. The Hall–Kier alpha value is -1.75. The summed E-state index contributed by atoms with van der Waals surface area (Å²) in [5.74, 6) is 0.758. The first-order valence-electron chi connectivity index (χ1n) is 7.01. The lowest BCUT2D eigenvalue weighted by molar-refractivity contribution is 0.307. The van der Waals surface area contributed by atoms with Crippen molar-refractivity contribution in [3.63, 3.8) is 0 Å². The SMILES string of the molecule is Clc1ccc(OCc2ccccc2)c(NCc2cnc(Cl)s2)c1. The molecule has 0 aliphatic heterocycles. The highest BCUT2D eigenvalue weighted by molar-refractivity contribution is 7.15. The second-order valence-electron chi connectivity index (χ2n) is 4.85. The molecule has 0 saturated heterocycles. The van der Waals surface area contributed by atoms with E-state index in [2.05, 4.69) is 10.3 Å². The van der Waals surface area contributed by atoms with Gasteiger partial charge in [0.25, 0.3) is 0 Å². The Morgan fingerprint density at radius 2 is 1.91 bits per heavy atom. The van der Waals surface area contributed by atoms with Gasteiger partial charge in [-0.1, -0.05) is 53.5 Å². The van der Waals surface area contributed by atoms with Gasteiger partial charge in [0.2, 0.25) is 0 Å². The summed E-state index contributed by atoms with van der Waals surface area (Å²) >= 11 is 13.4. The zero-order chi connectivity index (χ0) is 16.1. The van der Waals surface area contributed by atoms with E-state index in [-0.39, 0.29) is 0 Å². The van der Waals surface area contributed by atoms with E-state index in [1.54, 1.807) is 6.20 Å². The lowest BCUT2D eigenvalue weighted by Crippen LogP contribution is -2.02. The fourth-order valence-corrected chi connectivity index (χ4v) is 3.14. The van der Waals surface area contributed by atoms with Crippen LogP contribution < -0.4 is 10.1 Å². The first-order valence-corrected chi connectivity index (χ1v) is 8.58. The topological polar surface area (TPSA) is 34.1 Å². The highest BCUT2D eigenvalue weighted by Gasteiger charge is 2.07. The summed E-state index contributed by atoms with van der Waals surface area (Å²) in [4.78, 5) is 5.08. The van der Waals surface area contributed by atoms with Crippen molar-refractivity contribution >= 4 is 40.2 Å². The summed E-state index contributed by atoms with van der Waals surface area (Å²) in [6.45, 7) is 1.12. The summed E-state index contributed by atoms with van der Waals surface area (Å²) in [6.07, 6.45) is 1.76. The zero-order valence-corrected chi connectivity index (χ0v) is 14.5. The molecule has 0 aliphatic rings. The van der Waals surface area contributed by atoms with Gasteiger partial charge in [-0.3, -0.25) is 0 Å². The van der Waals surface area contributed by atoms with E-state index < -0.39 is 0 Å². The van der Waals surface area contributed by atoms with Crippen LogP contribution in [0.1, 0.15) is 10.4 Å². The number of rotatable bonds is 6. The van der Waals surface area contributed by atoms with Gasteiger partial charge in [0.1, 0.15) is 12.4 Å². The number of anilines is 1. The molecule has 1 heterocycles. The molecule has 0 spiro atoms. The fraction of sp³-hybridized carbons (Fsp3) is 0.118. The Labute approximate surface area is 148 Å². The lowest BCUT2D eigenvalue weighted by atomic mass is 10.2. The Balaban J connectivity index is 1.69. The van der Waals surface area contributed by atoms with Crippen LogP contribution in [0, 0.1) is 0 Å². The number of benzene rings is 2. The van der Waals surface area contributed by atoms with E-state index in [0.29, 0.717) is 22.6 Å². The van der Waals surface area contributed by atoms with Crippen LogP contribution in [-0.4, -0.2) is 4.98 Å². The van der Waals surface area contributed by atoms with Gasteiger partial charge >= 0.3 is 0 Å². The molecular formula is C17H14Cl2N2OS. The molecule has 0 amide bonds. The number of aromatic nitrogens is 1. The largest absolute Gasteiger partial charge is 0.487 e. The smallest absolute Gasteiger partial charge is 0.183 e. The summed E-state index contributed by atoms with van der Waals surface area (Å²) in [7, 11) is 0. The predicted octanol–water partition coefficient (Wildman–Crippen LogP) is 5.64. The van der Waals surface area contributed by atoms with Crippen molar-refractivity contribution in [2.24, 2.45) is 0 Å². The molecule has 0 radical (unpaired) electrons. The molecule has 3 rings (SSSR count). The maximum absolute atomic E-state index is 6.09. The van der Waals surface area contributed by atoms with Gasteiger partial charge in [-0.15, -0.1) is 11.3 Å². The molecule has 0 bridgehead atoms. The Morgan fingerprint density at radius 1 is 1.09 bits per heavy atom. The van der Waals surface area contributed by atoms with E-state index in [1.807, 2.05) is 48.5 Å². The van der Waals surface area contributed by atoms with Gasteiger partial charge < -0.3 is 10.1 Å². The van der Waals surface area contributed by atoms with Crippen molar-refractivity contribution < 1.29 is 4.74 Å². The fourth-order valence-electron chi connectivity index (χ4n) is 2.05. The molecule has 6 heteroatoms. The number of halogens is 2. The van der Waals surface area contributed by atoms with Crippen molar-refractivity contribution in [2.75, 3.05) is 5.32 Å². The Bertz CT molecular complexity index is 777. The first kappa shape index (κ1) is 16.1. The van der Waals surface area contributed by atoms with Crippen LogP contribution in [0.2, 0.25) is 9.49 Å². The summed E-state index contributed by atoms with van der Waals surface area (Å²) < 4.78 is 6.45. The second kappa shape index (κ2) is 7.68. The van der Waals surface area contributed by atoms with Gasteiger partial charge in [-0.2, -0.15) is 0 Å². The van der Waals surface area contributed by atoms with Gasteiger partial charge in [-0.05, 0) is 23.8 Å². The minimum absolute atomic E-state index is 0.504. The van der Waals surface area contributed by atoms with E-state index in [4.69, 9.17) is 27.9 Å². The van der Waals surface area contributed by atoms with E-state index >= 15 is 0 Å². The molecular weight excluding hydrogens is 351 g/mol. The number of ether oxygens (including phenoxy) is 1. The number of hydrogen-bond donors (Lipinski definition) is 1. The third-order valence-corrected chi connectivity index (χ3v) is 4.51. The zero-order valence-electron chi connectivity index (χ0n) is 12.1. The molecule has 0 unspecified atom stereocenters. The van der Waals surface area contributed by atoms with E-state index in [0.717, 1.165) is 21.9 Å². The van der Waals surface area contributed by atoms with Crippen LogP contribution in [0.25, 0.3) is 0 Å². The number of nitrogens with one attached hydrogen (secondary N) is 1. The van der Waals surface area contributed by atoms with E-state index in [9.17, 15) is 0 Å². The average Bonchev–Trinajstić information content (AvgIpc) is 2.98. The predicted molar refractivity (Wildman–Crippen MR) is 96.7 cm³/mol. The normalized spacial score (nSPS) is 10.5. The molecule has 2 aromatic carbocycles. The lowest BCUT2D eigenvalue weighted by Gasteiger charge is -2.13. The molecule has 1 aromatic heterocycles. The summed E-state index contributed by atoms with van der Waals surface area (Å²) in [6, 6.07) is 15.6. The van der Waals surface area contributed by atoms with Crippen molar-refractivity contribution in [3.8, 4) is 5.75 Å².